The molecule has 3 nitrogen and oxygen atoms in total. The lowest BCUT2D eigenvalue weighted by Crippen LogP contribution is -2.41. The number of thiophene rings is 1. The number of nitrogens with two attached hydrogens (primary N) is 1. The number of carbonyl (C=O) groups excluding carboxylic acids is 1. The molecular weight excluding hydrogens is 308 g/mol. The molecule has 1 aromatic heterocycles. The van der Waals surface area contributed by atoms with Crippen molar-refractivity contribution < 1.29 is 22.4 Å². The normalized spacial score (nSPS) is 12.1. The van der Waals surface area contributed by atoms with Crippen LogP contribution in [0.15, 0.2) is 18.2 Å². The van der Waals surface area contributed by atoms with Crippen LogP contribution in [0.5, 0.6) is 0 Å². The molecule has 21 heavy (non-hydrogen) atoms. The van der Waals surface area contributed by atoms with E-state index in [0.717, 1.165) is 21.6 Å². The Hall–Kier alpha value is -1.83. The number of nitrogens with one attached hydrogen (secondary N) is 1. The van der Waals surface area contributed by atoms with E-state index in [0.29, 0.717) is 5.39 Å². The number of aryl methyl sites for hydroxylation is 1. The van der Waals surface area contributed by atoms with Gasteiger partial charge >= 0.3 is 12.3 Å². The van der Waals surface area contributed by atoms with Gasteiger partial charge in [0.2, 0.25) is 0 Å². The molecule has 8 heteroatoms. The van der Waals surface area contributed by atoms with Crippen molar-refractivity contribution in [2.45, 2.75) is 19.3 Å². The summed E-state index contributed by atoms with van der Waals surface area (Å²) in [4.78, 5) is 11.9. The zero-order valence-electron chi connectivity index (χ0n) is 10.9. The third-order valence-corrected chi connectivity index (χ3v) is 4.08. The van der Waals surface area contributed by atoms with Crippen molar-refractivity contribution in [2.75, 3.05) is 12.3 Å². The summed E-state index contributed by atoms with van der Waals surface area (Å²) in [6, 6.07) is 5.35. The summed E-state index contributed by atoms with van der Waals surface area (Å²) in [6.45, 7) is 0.412. The molecule has 3 N–H and O–H groups in total. The minimum atomic E-state index is -4.27. The number of amides is 1. The highest BCUT2D eigenvalue weighted by Crippen LogP contribution is 2.34. The van der Waals surface area contributed by atoms with Crippen molar-refractivity contribution in [3.63, 3.8) is 0 Å². The Labute approximate surface area is 121 Å². The molecular formula is C13H12F4N2OS. The molecule has 0 aliphatic carbocycles. The summed E-state index contributed by atoms with van der Waals surface area (Å²) in [5.41, 5.74) is 6.92. The van der Waals surface area contributed by atoms with E-state index >= 15 is 0 Å². The Bertz CT molecular complexity index is 684. The fourth-order valence-corrected chi connectivity index (χ4v) is 2.77. The van der Waals surface area contributed by atoms with Gasteiger partial charge in [-0.25, -0.2) is 8.78 Å². The van der Waals surface area contributed by atoms with Crippen LogP contribution in [-0.4, -0.2) is 24.8 Å². The van der Waals surface area contributed by atoms with Crippen LogP contribution in [0.25, 0.3) is 10.1 Å². The smallest absolute Gasteiger partial charge is 0.324 e. The van der Waals surface area contributed by atoms with Gasteiger partial charge in [0.25, 0.3) is 5.91 Å². The molecule has 0 saturated carbocycles. The van der Waals surface area contributed by atoms with Crippen molar-refractivity contribution >= 4 is 33.0 Å². The van der Waals surface area contributed by atoms with Crippen molar-refractivity contribution in [1.82, 2.24) is 5.32 Å². The maximum absolute atomic E-state index is 12.8. The van der Waals surface area contributed by atoms with Crippen molar-refractivity contribution in [3.05, 3.63) is 28.6 Å². The van der Waals surface area contributed by atoms with Crippen molar-refractivity contribution in [2.24, 2.45) is 0 Å². The first-order chi connectivity index (χ1) is 9.72. The third kappa shape index (κ3) is 3.10. The van der Waals surface area contributed by atoms with E-state index < -0.39 is 24.8 Å². The maximum atomic E-state index is 12.8. The highest BCUT2D eigenvalue weighted by molar-refractivity contribution is 7.21. The zero-order chi connectivity index (χ0) is 15.8. The van der Waals surface area contributed by atoms with Gasteiger partial charge in [0.05, 0.1) is 12.2 Å². The predicted molar refractivity (Wildman–Crippen MR) is 74.3 cm³/mol. The third-order valence-electron chi connectivity index (χ3n) is 2.89. The molecule has 0 saturated heterocycles. The standard InChI is InChI=1S/C13H12F4N2OS/c1-6-2-3-8-7(4-6)9(18)10(21-8)11(20)19-5-13(16,17)12(14)15/h2-4,12H,5,18H2,1H3,(H,19,20). The summed E-state index contributed by atoms with van der Waals surface area (Å²) in [5.74, 6) is -5.15. The molecule has 0 unspecified atom stereocenters. The Morgan fingerprint density at radius 1 is 1.43 bits per heavy atom. The number of hydrogen-bond donors (Lipinski definition) is 2. The number of nitrogen functional groups attached to an aromatic ring is 1. The first-order valence-corrected chi connectivity index (χ1v) is 6.77. The van der Waals surface area contributed by atoms with Crippen LogP contribution < -0.4 is 11.1 Å². The van der Waals surface area contributed by atoms with Gasteiger partial charge in [-0.15, -0.1) is 11.3 Å². The van der Waals surface area contributed by atoms with Crippen molar-refractivity contribution in [3.8, 4) is 0 Å². The number of fused-ring (bicyclic) bond motifs is 1. The Kier molecular flexibility index (Phi) is 4.08. The second-order valence-corrected chi connectivity index (χ2v) is 5.64. The molecule has 0 fully saturated rings. The monoisotopic (exact) mass is 320 g/mol. The SMILES string of the molecule is Cc1ccc2sc(C(=O)NCC(F)(F)C(F)F)c(N)c2c1. The van der Waals surface area contributed by atoms with Gasteiger partial charge < -0.3 is 11.1 Å². The average molecular weight is 320 g/mol. The first-order valence-electron chi connectivity index (χ1n) is 5.95. The predicted octanol–water partition coefficient (Wildman–Crippen LogP) is 3.42. The average Bonchev–Trinajstić information content (AvgIpc) is 2.73. The molecule has 0 aliphatic heterocycles. The quantitative estimate of drug-likeness (QED) is 0.848. The van der Waals surface area contributed by atoms with E-state index in [4.69, 9.17) is 5.73 Å². The summed E-state index contributed by atoms with van der Waals surface area (Å²) >= 11 is 1.03. The van der Waals surface area contributed by atoms with Gasteiger partial charge in [0, 0.05) is 10.1 Å². The van der Waals surface area contributed by atoms with E-state index in [1.807, 2.05) is 13.0 Å². The number of carbonyl (C=O) groups is 1. The highest BCUT2D eigenvalue weighted by Gasteiger charge is 2.41. The van der Waals surface area contributed by atoms with Gasteiger partial charge in [-0.3, -0.25) is 4.79 Å². The summed E-state index contributed by atoms with van der Waals surface area (Å²) < 4.78 is 50.4. The molecule has 2 aromatic rings. The number of benzene rings is 1. The molecule has 114 valence electrons. The molecule has 1 aromatic carbocycles. The van der Waals surface area contributed by atoms with E-state index in [1.54, 1.807) is 17.4 Å². The van der Waals surface area contributed by atoms with Crippen LogP contribution in [0.4, 0.5) is 23.2 Å². The topological polar surface area (TPSA) is 55.1 Å². The first kappa shape index (κ1) is 15.6. The number of alkyl halides is 4. The fraction of sp³-hybridized carbons (Fsp3) is 0.308. The Morgan fingerprint density at radius 2 is 2.10 bits per heavy atom. The van der Waals surface area contributed by atoms with E-state index in [2.05, 4.69) is 0 Å². The van der Waals surface area contributed by atoms with E-state index in [1.165, 1.54) is 0 Å². The Balaban J connectivity index is 2.22. The lowest BCUT2D eigenvalue weighted by Gasteiger charge is -2.15. The molecule has 0 radical (unpaired) electrons. The second kappa shape index (κ2) is 5.51. The summed E-state index contributed by atoms with van der Waals surface area (Å²) in [6.07, 6.45) is -3.83. The minimum Gasteiger partial charge on any atom is -0.397 e. The molecule has 1 amide bonds. The molecule has 0 bridgehead atoms. The largest absolute Gasteiger partial charge is 0.397 e. The van der Waals surface area contributed by atoms with E-state index in [-0.39, 0.29) is 10.6 Å². The van der Waals surface area contributed by atoms with Crippen molar-refractivity contribution in [1.29, 1.82) is 0 Å². The zero-order valence-corrected chi connectivity index (χ0v) is 11.7. The van der Waals surface area contributed by atoms with Crippen LogP contribution in [0.2, 0.25) is 0 Å². The summed E-state index contributed by atoms with van der Waals surface area (Å²) in [5, 5.41) is 2.44. The highest BCUT2D eigenvalue weighted by atomic mass is 32.1. The lowest BCUT2D eigenvalue weighted by atomic mass is 10.1. The number of rotatable bonds is 4. The number of hydrogen-bond acceptors (Lipinski definition) is 3. The maximum Gasteiger partial charge on any atom is 0.324 e. The van der Waals surface area contributed by atoms with Gasteiger partial charge in [-0.05, 0) is 19.1 Å². The lowest BCUT2D eigenvalue weighted by molar-refractivity contribution is -0.123. The number of anilines is 1. The number of halogens is 4. The fourth-order valence-electron chi connectivity index (χ4n) is 1.75. The van der Waals surface area contributed by atoms with Crippen LogP contribution >= 0.6 is 11.3 Å². The molecule has 2 rings (SSSR count). The molecule has 0 aliphatic rings. The molecule has 1 heterocycles. The molecule has 0 atom stereocenters. The van der Waals surface area contributed by atoms with Crippen LogP contribution in [-0.2, 0) is 0 Å². The van der Waals surface area contributed by atoms with Crippen LogP contribution in [0.3, 0.4) is 0 Å². The summed E-state index contributed by atoms with van der Waals surface area (Å²) in [7, 11) is 0. The Morgan fingerprint density at radius 3 is 2.71 bits per heavy atom. The van der Waals surface area contributed by atoms with Crippen LogP contribution in [0, 0.1) is 6.92 Å². The van der Waals surface area contributed by atoms with Gasteiger partial charge in [-0.2, -0.15) is 8.78 Å². The van der Waals surface area contributed by atoms with Gasteiger partial charge in [0.1, 0.15) is 4.88 Å². The second-order valence-electron chi connectivity index (χ2n) is 4.59. The minimum absolute atomic E-state index is 0.0423. The van der Waals surface area contributed by atoms with Gasteiger partial charge in [-0.1, -0.05) is 11.6 Å². The van der Waals surface area contributed by atoms with Crippen LogP contribution in [0.1, 0.15) is 15.2 Å². The molecule has 0 spiro atoms. The van der Waals surface area contributed by atoms with E-state index in [9.17, 15) is 22.4 Å². The van der Waals surface area contributed by atoms with Gasteiger partial charge in [0.15, 0.2) is 0 Å².